The molecule has 2 atom stereocenters. The van der Waals surface area contributed by atoms with Crippen molar-refractivity contribution in [2.75, 3.05) is 40.6 Å². The quantitative estimate of drug-likeness (QED) is 0.313. The highest BCUT2D eigenvalue weighted by molar-refractivity contribution is 5.97. The van der Waals surface area contributed by atoms with E-state index < -0.39 is 30.3 Å². The molecule has 4 rings (SSSR count). The Kier molecular flexibility index (Phi) is 5.77. The predicted molar refractivity (Wildman–Crippen MR) is 116 cm³/mol. The molecule has 13 nitrogen and oxygen atoms in total. The van der Waals surface area contributed by atoms with Crippen LogP contribution < -0.4 is 36.8 Å². The lowest BCUT2D eigenvalue weighted by Gasteiger charge is -2.31. The van der Waals surface area contributed by atoms with E-state index in [9.17, 15) is 29.4 Å². The Morgan fingerprint density at radius 1 is 1.30 bits per heavy atom. The van der Waals surface area contributed by atoms with Crippen LogP contribution in [0.15, 0.2) is 29.1 Å². The van der Waals surface area contributed by atoms with Crippen LogP contribution in [-0.4, -0.2) is 64.8 Å². The first kappa shape index (κ1) is 21.9. The van der Waals surface area contributed by atoms with Crippen LogP contribution in [0.1, 0.15) is 23.2 Å². The summed E-state index contributed by atoms with van der Waals surface area (Å²) in [6, 6.07) is 5.26. The van der Waals surface area contributed by atoms with Crippen LogP contribution in [0.4, 0.5) is 23.1 Å². The summed E-state index contributed by atoms with van der Waals surface area (Å²) in [5, 5.41) is 25.2. The van der Waals surface area contributed by atoms with Gasteiger partial charge in [0.05, 0.1) is 12.7 Å². The topological polar surface area (TPSA) is 197 Å². The Bertz CT molecular complexity index is 1150. The fourth-order valence-corrected chi connectivity index (χ4v) is 4.00. The predicted octanol–water partition coefficient (Wildman–Crippen LogP) is -1.86. The van der Waals surface area contributed by atoms with E-state index >= 15 is 0 Å². The van der Waals surface area contributed by atoms with E-state index in [1.807, 2.05) is 9.80 Å². The molecule has 1 aromatic heterocycles. The maximum atomic E-state index is 12.4. The minimum atomic E-state index is -1.39. The van der Waals surface area contributed by atoms with Crippen molar-refractivity contribution in [3.63, 3.8) is 0 Å². The molecule has 2 aliphatic heterocycles. The van der Waals surface area contributed by atoms with Crippen molar-refractivity contribution in [1.82, 2.24) is 15.3 Å². The number of benzene rings is 1. The summed E-state index contributed by atoms with van der Waals surface area (Å²) in [5.74, 6) is -2.86. The molecule has 2 unspecified atom stereocenters. The Morgan fingerprint density at radius 3 is 2.70 bits per heavy atom. The average Bonchev–Trinajstić information content (AvgIpc) is 3.20. The number of H-pyrrole nitrogens is 1. The summed E-state index contributed by atoms with van der Waals surface area (Å²) in [7, 11) is 0. The molecule has 0 radical (unpaired) electrons. The molecule has 13 heteroatoms. The summed E-state index contributed by atoms with van der Waals surface area (Å²) in [4.78, 5) is 57.4. The van der Waals surface area contributed by atoms with Crippen molar-refractivity contribution in [2.45, 2.75) is 24.9 Å². The van der Waals surface area contributed by atoms with Crippen LogP contribution in [0.5, 0.6) is 0 Å². The van der Waals surface area contributed by atoms with Gasteiger partial charge in [-0.05, 0) is 37.1 Å². The van der Waals surface area contributed by atoms with Gasteiger partial charge in [-0.25, -0.2) is 4.79 Å². The number of fused-ring (bicyclic) bond motifs is 3. The number of carbonyl (C=O) groups is 3. The third kappa shape index (κ3) is 4.51. The number of carbonyl (C=O) groups excluding carboxylic acids is 2. The van der Waals surface area contributed by atoms with Crippen molar-refractivity contribution in [1.29, 1.82) is 0 Å². The van der Waals surface area contributed by atoms with Gasteiger partial charge in [-0.3, -0.25) is 14.6 Å². The summed E-state index contributed by atoms with van der Waals surface area (Å²) in [6.07, 6.45) is -0.757. The molecule has 1 amide bonds. The highest BCUT2D eigenvalue weighted by atomic mass is 16.4. The number of amides is 1. The van der Waals surface area contributed by atoms with E-state index in [0.717, 1.165) is 5.69 Å². The highest BCUT2D eigenvalue weighted by Crippen LogP contribution is 2.32. The molecule has 174 valence electrons. The lowest BCUT2D eigenvalue weighted by Crippen LogP contribution is -2.44. The van der Waals surface area contributed by atoms with Crippen LogP contribution in [-0.2, 0) is 9.59 Å². The number of hydrogen-bond donors (Lipinski definition) is 5. The molecule has 0 aliphatic carbocycles. The number of aromatic nitrogens is 2. The van der Waals surface area contributed by atoms with Crippen LogP contribution >= 0.6 is 0 Å². The number of nitrogens with zero attached hydrogens (tertiary/aromatic N) is 3. The van der Waals surface area contributed by atoms with Crippen molar-refractivity contribution < 1.29 is 24.6 Å². The zero-order valence-electron chi connectivity index (χ0n) is 17.4. The standard InChI is InChI=1S/C20H23N7O6/c21-20-24-16-15(18(31)25-20)27-9-26(8-12(27)7-22-16)11-3-1-10(2-4-11)17(30)23-13(19(32)33)5-6-14(28)29/h1-4,12-13H,5-9H2,(H,23,30)(H,28,29)(H,32,33)(H4,21,22,24,25,31)/p-1. The maximum absolute atomic E-state index is 12.4. The normalized spacial score (nSPS) is 17.5. The largest absolute Gasteiger partial charge is 0.550 e. The molecule has 2 aliphatic rings. The van der Waals surface area contributed by atoms with E-state index in [2.05, 4.69) is 20.6 Å². The maximum Gasteiger partial charge on any atom is 0.326 e. The van der Waals surface area contributed by atoms with Gasteiger partial charge >= 0.3 is 5.97 Å². The molecular weight excluding hydrogens is 434 g/mol. The molecule has 2 aromatic rings. The number of aromatic amines is 1. The van der Waals surface area contributed by atoms with Gasteiger partial charge in [0, 0.05) is 30.3 Å². The van der Waals surface area contributed by atoms with Gasteiger partial charge in [-0.2, -0.15) is 4.98 Å². The molecule has 1 aromatic carbocycles. The molecular formula is C20H22N7O6-. The van der Waals surface area contributed by atoms with Crippen LogP contribution in [0.3, 0.4) is 0 Å². The average molecular weight is 456 g/mol. The molecule has 6 N–H and O–H groups in total. The Morgan fingerprint density at radius 2 is 2.03 bits per heavy atom. The third-order valence-electron chi connectivity index (χ3n) is 5.64. The molecule has 1 fully saturated rings. The Balaban J connectivity index is 1.45. The van der Waals surface area contributed by atoms with Crippen LogP contribution in [0.2, 0.25) is 0 Å². The minimum absolute atomic E-state index is 0.0343. The Hall–Kier alpha value is -4.29. The monoisotopic (exact) mass is 456 g/mol. The second kappa shape index (κ2) is 8.68. The van der Waals surface area contributed by atoms with E-state index in [0.29, 0.717) is 31.3 Å². The summed E-state index contributed by atoms with van der Waals surface area (Å²) >= 11 is 0. The lowest BCUT2D eigenvalue weighted by atomic mass is 10.1. The third-order valence-corrected chi connectivity index (χ3v) is 5.64. The summed E-state index contributed by atoms with van der Waals surface area (Å²) in [6.45, 7) is 1.65. The molecule has 0 saturated carbocycles. The van der Waals surface area contributed by atoms with Gasteiger partial charge in [0.15, 0.2) is 5.82 Å². The molecule has 33 heavy (non-hydrogen) atoms. The summed E-state index contributed by atoms with van der Waals surface area (Å²) < 4.78 is 0. The zero-order chi connectivity index (χ0) is 23.7. The van der Waals surface area contributed by atoms with E-state index in [1.165, 1.54) is 0 Å². The number of nitrogen functional groups attached to an aromatic ring is 1. The van der Waals surface area contributed by atoms with E-state index in [4.69, 9.17) is 5.73 Å². The number of aliphatic carboxylic acids is 2. The zero-order valence-corrected chi connectivity index (χ0v) is 17.4. The number of hydrogen-bond acceptors (Lipinski definition) is 10. The summed E-state index contributed by atoms with van der Waals surface area (Å²) in [5.41, 5.74) is 6.77. The minimum Gasteiger partial charge on any atom is -0.550 e. The number of carboxylic acids is 2. The first-order valence-electron chi connectivity index (χ1n) is 10.2. The first-order chi connectivity index (χ1) is 15.7. The SMILES string of the molecule is Nc1nc2c(c(=O)[nH]1)N1CN(c3ccc(C(=O)NC(CCC(=O)[O-])C(=O)O)cc3)CC1CN2. The van der Waals surface area contributed by atoms with Gasteiger partial charge in [-0.15, -0.1) is 0 Å². The highest BCUT2D eigenvalue weighted by Gasteiger charge is 2.37. The molecule has 0 bridgehead atoms. The van der Waals surface area contributed by atoms with Crippen molar-refractivity contribution in [3.05, 3.63) is 40.2 Å². The first-order valence-corrected chi connectivity index (χ1v) is 10.2. The van der Waals surface area contributed by atoms with E-state index in [-0.39, 0.29) is 29.5 Å². The van der Waals surface area contributed by atoms with Crippen LogP contribution in [0, 0.1) is 0 Å². The van der Waals surface area contributed by atoms with Gasteiger partial charge < -0.3 is 41.2 Å². The number of anilines is 4. The second-order valence-electron chi connectivity index (χ2n) is 7.84. The fraction of sp³-hybridized carbons (Fsp3) is 0.350. The molecule has 0 spiro atoms. The number of carboxylic acid groups (broad SMARTS) is 2. The second-order valence-corrected chi connectivity index (χ2v) is 7.84. The smallest absolute Gasteiger partial charge is 0.326 e. The molecule has 1 saturated heterocycles. The number of nitrogens with one attached hydrogen (secondary N) is 3. The van der Waals surface area contributed by atoms with Crippen molar-refractivity contribution >= 4 is 41.0 Å². The molecule has 3 heterocycles. The van der Waals surface area contributed by atoms with Crippen LogP contribution in [0.25, 0.3) is 0 Å². The van der Waals surface area contributed by atoms with Gasteiger partial charge in [0.25, 0.3) is 11.5 Å². The number of nitrogens with two attached hydrogens (primary N) is 1. The Labute approximate surface area is 187 Å². The van der Waals surface area contributed by atoms with Gasteiger partial charge in [0.2, 0.25) is 5.95 Å². The van der Waals surface area contributed by atoms with Crippen molar-refractivity contribution in [3.8, 4) is 0 Å². The van der Waals surface area contributed by atoms with Crippen molar-refractivity contribution in [2.24, 2.45) is 0 Å². The fourth-order valence-electron chi connectivity index (χ4n) is 4.00. The number of rotatable bonds is 7. The van der Waals surface area contributed by atoms with E-state index in [1.54, 1.807) is 24.3 Å². The van der Waals surface area contributed by atoms with Gasteiger partial charge in [-0.1, -0.05) is 0 Å². The lowest BCUT2D eigenvalue weighted by molar-refractivity contribution is -0.305. The van der Waals surface area contributed by atoms with Gasteiger partial charge in [0.1, 0.15) is 11.7 Å².